The number of rotatable bonds is 0. The number of aliphatic imine (C=N–C) groups is 1. The van der Waals surface area contributed by atoms with Crippen LogP contribution in [0, 0.1) is 0 Å². The van der Waals surface area contributed by atoms with E-state index in [0.29, 0.717) is 11.3 Å². The largest absolute Gasteiger partial charge is 0.360 e. The highest BCUT2D eigenvalue weighted by atomic mass is 32.2. The molecule has 0 saturated carbocycles. The molecular weight excluding hydrogens is 246 g/mol. The molecule has 0 radical (unpaired) electrons. The van der Waals surface area contributed by atoms with Crippen molar-refractivity contribution < 1.29 is 4.84 Å². The minimum absolute atomic E-state index is 0.376. The lowest BCUT2D eigenvalue weighted by Crippen LogP contribution is -2.54. The zero-order chi connectivity index (χ0) is 12.0. The van der Waals surface area contributed by atoms with Crippen LogP contribution >= 0.6 is 11.8 Å². The Labute approximate surface area is 110 Å². The Morgan fingerprint density at radius 3 is 3.50 bits per heavy atom. The molecule has 0 aromatic carbocycles. The Balaban J connectivity index is 1.79. The van der Waals surface area contributed by atoms with Crippen molar-refractivity contribution in [2.75, 3.05) is 5.75 Å². The van der Waals surface area contributed by atoms with Crippen molar-refractivity contribution in [1.82, 2.24) is 4.90 Å². The van der Waals surface area contributed by atoms with Crippen LogP contribution in [-0.4, -0.2) is 40.2 Å². The highest BCUT2D eigenvalue weighted by Gasteiger charge is 2.52. The van der Waals surface area contributed by atoms with E-state index in [0.717, 1.165) is 18.6 Å². The Bertz CT molecular complexity index is 485. The van der Waals surface area contributed by atoms with Crippen LogP contribution in [0.3, 0.4) is 0 Å². The summed E-state index contributed by atoms with van der Waals surface area (Å²) in [6.45, 7) is 0. The third kappa shape index (κ3) is 1.34. The Morgan fingerprint density at radius 2 is 2.50 bits per heavy atom. The molecule has 0 N–H and O–H groups in total. The van der Waals surface area contributed by atoms with E-state index >= 15 is 0 Å². The second-order valence-corrected chi connectivity index (χ2v) is 6.21. The second-order valence-electron chi connectivity index (χ2n) is 5.04. The lowest BCUT2D eigenvalue weighted by Gasteiger charge is -2.41. The van der Waals surface area contributed by atoms with Gasteiger partial charge < -0.3 is 9.74 Å². The minimum Gasteiger partial charge on any atom is -0.360 e. The molecule has 4 rings (SSSR count). The fourth-order valence-electron chi connectivity index (χ4n) is 3.16. The summed E-state index contributed by atoms with van der Waals surface area (Å²) in [6.07, 6.45) is 13.5. The summed E-state index contributed by atoms with van der Waals surface area (Å²) in [6, 6.07) is 0.489. The number of allylic oxidation sites excluding steroid dienone is 1. The van der Waals surface area contributed by atoms with Gasteiger partial charge in [0.25, 0.3) is 0 Å². The average Bonchev–Trinajstić information content (AvgIpc) is 2.77. The Kier molecular flexibility index (Phi) is 2.30. The van der Waals surface area contributed by atoms with Gasteiger partial charge in [-0.05, 0) is 12.8 Å². The van der Waals surface area contributed by atoms with Crippen molar-refractivity contribution >= 4 is 24.3 Å². The normalized spacial score (nSPS) is 40.4. The smallest absolute Gasteiger partial charge is 0.240 e. The molecule has 1 aliphatic carbocycles. The minimum atomic E-state index is -0.376. The molecule has 3 heterocycles. The lowest BCUT2D eigenvalue weighted by atomic mass is 9.93. The summed E-state index contributed by atoms with van der Waals surface area (Å²) in [5.74, 6) is 0.975. The van der Waals surface area contributed by atoms with Crippen LogP contribution in [0.2, 0.25) is 0 Å². The fraction of sp³-hybridized carbons (Fsp3) is 0.538. The Morgan fingerprint density at radius 1 is 1.50 bits per heavy atom. The zero-order valence-corrected chi connectivity index (χ0v) is 10.8. The van der Waals surface area contributed by atoms with Gasteiger partial charge in [0.1, 0.15) is 6.34 Å². The van der Waals surface area contributed by atoms with Crippen molar-refractivity contribution in [3.05, 3.63) is 23.9 Å². The van der Waals surface area contributed by atoms with E-state index in [1.54, 1.807) is 0 Å². The van der Waals surface area contributed by atoms with Crippen LogP contribution < -0.4 is 0 Å². The van der Waals surface area contributed by atoms with E-state index < -0.39 is 0 Å². The standard InChI is InChI=1S/C13H15N3OS/c1-2-4-12-11(3-1)16-9-15-17-13(16)5-6-14-7-10(13)8-18-12/h2,4,6-7,9,11-12H,1,3,5,8H2. The highest BCUT2D eigenvalue weighted by molar-refractivity contribution is 8.00. The van der Waals surface area contributed by atoms with Gasteiger partial charge in [0.05, 0.1) is 0 Å². The maximum absolute atomic E-state index is 5.78. The predicted octanol–water partition coefficient (Wildman–Crippen LogP) is 2.15. The summed E-state index contributed by atoms with van der Waals surface area (Å²) in [7, 11) is 0. The molecule has 1 fully saturated rings. The van der Waals surface area contributed by atoms with E-state index in [1.807, 2.05) is 30.5 Å². The van der Waals surface area contributed by atoms with E-state index in [-0.39, 0.29) is 5.72 Å². The summed E-state index contributed by atoms with van der Waals surface area (Å²) in [4.78, 5) is 12.4. The van der Waals surface area contributed by atoms with Crippen LogP contribution in [0.5, 0.6) is 0 Å². The number of nitrogens with zero attached hydrogens (tertiary/aromatic N) is 3. The monoisotopic (exact) mass is 261 g/mol. The SMILES string of the molecule is C1=CC2SCC3=CN=CCC34ON=CN4C2CC1. The fourth-order valence-corrected chi connectivity index (χ4v) is 4.55. The number of hydrogen-bond donors (Lipinski definition) is 0. The van der Waals surface area contributed by atoms with Gasteiger partial charge in [0.15, 0.2) is 0 Å². The van der Waals surface area contributed by atoms with Gasteiger partial charge in [-0.1, -0.05) is 17.3 Å². The number of oxime groups is 1. The van der Waals surface area contributed by atoms with Gasteiger partial charge in [-0.3, -0.25) is 4.99 Å². The molecule has 4 nitrogen and oxygen atoms in total. The summed E-state index contributed by atoms with van der Waals surface area (Å²) in [5, 5.41) is 4.64. The van der Waals surface area contributed by atoms with E-state index in [1.165, 1.54) is 12.0 Å². The molecular formula is C13H15N3OS. The molecule has 1 spiro atoms. The van der Waals surface area contributed by atoms with Crippen molar-refractivity contribution in [2.45, 2.75) is 36.3 Å². The highest BCUT2D eigenvalue weighted by Crippen LogP contribution is 2.45. The van der Waals surface area contributed by atoms with Crippen molar-refractivity contribution in [3.63, 3.8) is 0 Å². The molecule has 94 valence electrons. The number of hydrogen-bond acceptors (Lipinski definition) is 5. The van der Waals surface area contributed by atoms with Crippen LogP contribution in [0.25, 0.3) is 0 Å². The van der Waals surface area contributed by atoms with Gasteiger partial charge >= 0.3 is 0 Å². The van der Waals surface area contributed by atoms with Crippen LogP contribution in [0.4, 0.5) is 0 Å². The number of thioether (sulfide) groups is 1. The van der Waals surface area contributed by atoms with Crippen LogP contribution in [0.15, 0.2) is 34.1 Å². The average molecular weight is 261 g/mol. The van der Waals surface area contributed by atoms with Crippen LogP contribution in [0.1, 0.15) is 19.3 Å². The zero-order valence-electron chi connectivity index (χ0n) is 10.0. The molecule has 0 aromatic heterocycles. The molecule has 18 heavy (non-hydrogen) atoms. The van der Waals surface area contributed by atoms with Gasteiger partial charge in [0, 0.05) is 41.5 Å². The first kappa shape index (κ1) is 10.7. The molecule has 0 amide bonds. The van der Waals surface area contributed by atoms with Gasteiger partial charge in [0.2, 0.25) is 5.72 Å². The third-order valence-electron chi connectivity index (χ3n) is 4.12. The summed E-state index contributed by atoms with van der Waals surface area (Å²) in [5.41, 5.74) is 0.870. The Hall–Kier alpha value is -1.23. The first-order chi connectivity index (χ1) is 8.90. The molecule has 0 bridgehead atoms. The van der Waals surface area contributed by atoms with Gasteiger partial charge in [-0.2, -0.15) is 0 Å². The number of fused-ring (bicyclic) bond motifs is 2. The van der Waals surface area contributed by atoms with Crippen molar-refractivity contribution in [3.8, 4) is 0 Å². The van der Waals surface area contributed by atoms with Gasteiger partial charge in [-0.15, -0.1) is 11.8 Å². The summed E-state index contributed by atoms with van der Waals surface area (Å²) >= 11 is 1.99. The van der Waals surface area contributed by atoms with E-state index in [9.17, 15) is 0 Å². The van der Waals surface area contributed by atoms with Crippen molar-refractivity contribution in [1.29, 1.82) is 0 Å². The van der Waals surface area contributed by atoms with E-state index in [4.69, 9.17) is 4.84 Å². The van der Waals surface area contributed by atoms with Crippen LogP contribution in [-0.2, 0) is 4.84 Å². The lowest BCUT2D eigenvalue weighted by molar-refractivity contribution is -0.0750. The van der Waals surface area contributed by atoms with Gasteiger partial charge in [-0.25, -0.2) is 0 Å². The second kappa shape index (κ2) is 3.88. The third-order valence-corrected chi connectivity index (χ3v) is 5.45. The first-order valence-corrected chi connectivity index (χ1v) is 7.44. The molecule has 1 saturated heterocycles. The molecule has 5 heteroatoms. The molecule has 3 aliphatic heterocycles. The molecule has 4 aliphatic rings. The quantitative estimate of drug-likeness (QED) is 0.627. The maximum Gasteiger partial charge on any atom is 0.240 e. The molecule has 3 atom stereocenters. The maximum atomic E-state index is 5.78. The molecule has 0 aromatic rings. The van der Waals surface area contributed by atoms with Crippen molar-refractivity contribution in [2.24, 2.45) is 10.1 Å². The molecule has 3 unspecified atom stereocenters. The summed E-state index contributed by atoms with van der Waals surface area (Å²) < 4.78 is 0. The predicted molar refractivity (Wildman–Crippen MR) is 73.7 cm³/mol. The van der Waals surface area contributed by atoms with E-state index in [2.05, 4.69) is 27.2 Å². The first-order valence-electron chi connectivity index (χ1n) is 6.40. The topological polar surface area (TPSA) is 37.2 Å².